The summed E-state index contributed by atoms with van der Waals surface area (Å²) in [5.74, 6) is 0. The summed E-state index contributed by atoms with van der Waals surface area (Å²) < 4.78 is 25.6. The zero-order valence-corrected chi connectivity index (χ0v) is 7.43. The molecule has 1 aromatic heterocycles. The molecule has 0 unspecified atom stereocenters. The number of hydrogen-bond acceptors (Lipinski definition) is 4. The van der Waals surface area contributed by atoms with Gasteiger partial charge in [-0.2, -0.15) is 5.10 Å². The molecule has 0 aliphatic heterocycles. The van der Waals surface area contributed by atoms with Gasteiger partial charge in [-0.1, -0.05) is 0 Å². The Labute approximate surface area is 67.4 Å². The Morgan fingerprint density at radius 3 is 1.91 bits per heavy atom. The van der Waals surface area contributed by atoms with Gasteiger partial charge in [0, 0.05) is 6.20 Å². The Balaban J connectivity index is 0.000000218. The summed E-state index contributed by atoms with van der Waals surface area (Å²) in [7, 11) is 0. The molecule has 1 heterocycles. The Morgan fingerprint density at radius 2 is 1.82 bits per heavy atom. The zero-order chi connectivity index (χ0) is 8.85. The third-order valence-electron chi connectivity index (χ3n) is 1.08. The van der Waals surface area contributed by atoms with Crippen molar-refractivity contribution in [3.05, 3.63) is 17.5 Å². The monoisotopic (exact) mass is 196 g/mol. The Kier molecular flexibility index (Phi) is 4.50. The molecular weight excluding hydrogens is 188 g/mol. The van der Waals surface area contributed by atoms with E-state index in [-0.39, 0.29) is 0 Å². The van der Waals surface area contributed by atoms with Crippen molar-refractivity contribution in [2.24, 2.45) is 0 Å². The second-order valence-electron chi connectivity index (χ2n) is 1.86. The van der Waals surface area contributed by atoms with Crippen LogP contribution in [-0.4, -0.2) is 10.2 Å². The molecule has 0 atom stereocenters. The van der Waals surface area contributed by atoms with Crippen molar-refractivity contribution < 1.29 is 25.4 Å². The van der Waals surface area contributed by atoms with Crippen LogP contribution in [0.4, 0.5) is 0 Å². The van der Waals surface area contributed by atoms with Gasteiger partial charge in [-0.3, -0.25) is 5.10 Å². The summed E-state index contributed by atoms with van der Waals surface area (Å²) >= 11 is -3.79. The first-order valence-electron chi connectivity index (χ1n) is 2.77. The minimum atomic E-state index is -3.79. The normalized spacial score (nSPS) is 8.18. The quantitative estimate of drug-likeness (QED) is 0.661. The van der Waals surface area contributed by atoms with E-state index in [1.54, 1.807) is 0 Å². The summed E-state index contributed by atoms with van der Waals surface area (Å²) in [5.41, 5.74) is 2.31. The van der Waals surface area contributed by atoms with E-state index >= 15 is 0 Å². The molecule has 0 aliphatic rings. The van der Waals surface area contributed by atoms with Crippen molar-refractivity contribution in [3.8, 4) is 0 Å². The van der Waals surface area contributed by atoms with Crippen molar-refractivity contribution >= 4 is 0 Å². The number of nitrogens with one attached hydrogen (secondary N) is 1. The molecule has 6 heteroatoms. The van der Waals surface area contributed by atoms with E-state index in [1.165, 1.54) is 5.56 Å². The first kappa shape index (κ1) is 10.1. The van der Waals surface area contributed by atoms with Crippen molar-refractivity contribution in [3.63, 3.8) is 0 Å². The Bertz CT molecular complexity index is 289. The molecule has 1 N–H and O–H groups in total. The molecule has 5 nitrogen and oxygen atoms in total. The van der Waals surface area contributed by atoms with E-state index in [4.69, 9.17) is 11.4 Å². The molecule has 0 bridgehead atoms. The van der Waals surface area contributed by atoms with Gasteiger partial charge in [0.05, 0.1) is 5.69 Å². The summed E-state index contributed by atoms with van der Waals surface area (Å²) in [5, 5.41) is 6.64. The zero-order valence-electron chi connectivity index (χ0n) is 6.16. The van der Waals surface area contributed by atoms with Crippen molar-refractivity contribution in [2.45, 2.75) is 13.8 Å². The van der Waals surface area contributed by atoms with Crippen LogP contribution >= 0.6 is 0 Å². The molecule has 0 aromatic carbocycles. The van der Waals surface area contributed by atoms with Gasteiger partial charge < -0.3 is 0 Å². The molecule has 62 valence electrons. The number of nitrogens with zero attached hydrogens (tertiary/aromatic N) is 1. The predicted octanol–water partition coefficient (Wildman–Crippen LogP) is 0.668. The molecule has 0 saturated heterocycles. The number of aromatic amines is 1. The van der Waals surface area contributed by atoms with Crippen LogP contribution in [0, 0.1) is 13.8 Å². The molecule has 0 radical (unpaired) electrons. The average Bonchev–Trinajstić information content (AvgIpc) is 2.15. The maximum absolute atomic E-state index is 8.54. The van der Waals surface area contributed by atoms with E-state index < -0.39 is 14.0 Å². The molecule has 1 aromatic rings. The number of H-pyrrole nitrogens is 1. The Hall–Kier alpha value is -0.858. The summed E-state index contributed by atoms with van der Waals surface area (Å²) in [6, 6.07) is 0. The van der Waals surface area contributed by atoms with Gasteiger partial charge in [0.15, 0.2) is 0 Å². The third kappa shape index (κ3) is 5.58. The van der Waals surface area contributed by atoms with Crippen molar-refractivity contribution in [2.75, 3.05) is 0 Å². The minimum absolute atomic E-state index is 1.08. The third-order valence-corrected chi connectivity index (χ3v) is 1.08. The van der Waals surface area contributed by atoms with Gasteiger partial charge in [-0.05, 0) is 19.4 Å². The van der Waals surface area contributed by atoms with Gasteiger partial charge >= 0.3 is 25.4 Å². The van der Waals surface area contributed by atoms with Crippen molar-refractivity contribution in [1.29, 1.82) is 0 Å². The predicted molar refractivity (Wildman–Crippen MR) is 30.1 cm³/mol. The van der Waals surface area contributed by atoms with Crippen LogP contribution in [0.3, 0.4) is 0 Å². The number of rotatable bonds is 0. The van der Waals surface area contributed by atoms with Gasteiger partial charge in [0.25, 0.3) is 0 Å². The van der Waals surface area contributed by atoms with E-state index in [9.17, 15) is 0 Å². The molecule has 0 fully saturated rings. The van der Waals surface area contributed by atoms with E-state index in [1.807, 2.05) is 20.0 Å². The van der Waals surface area contributed by atoms with Crippen LogP contribution in [0.2, 0.25) is 0 Å². The van der Waals surface area contributed by atoms with Crippen LogP contribution in [0.5, 0.6) is 0 Å². The van der Waals surface area contributed by atoms with Crippen LogP contribution in [0.25, 0.3) is 0 Å². The summed E-state index contributed by atoms with van der Waals surface area (Å²) in [6.07, 6.45) is 1.88. The first-order chi connectivity index (χ1) is 5.04. The Morgan fingerprint density at radius 1 is 1.36 bits per heavy atom. The number of aromatic nitrogens is 2. The molecule has 0 spiro atoms. The second kappa shape index (κ2) is 4.88. The fourth-order valence-electron chi connectivity index (χ4n) is 0.419. The molecular formula is C5H8CrN2O3. The summed E-state index contributed by atoms with van der Waals surface area (Å²) in [4.78, 5) is 0. The topological polar surface area (TPSA) is 79.9 Å². The van der Waals surface area contributed by atoms with Crippen LogP contribution in [0.15, 0.2) is 6.20 Å². The molecule has 0 amide bonds. The van der Waals surface area contributed by atoms with E-state index in [0.29, 0.717) is 0 Å². The van der Waals surface area contributed by atoms with Gasteiger partial charge in [0.1, 0.15) is 0 Å². The molecule has 11 heavy (non-hydrogen) atoms. The van der Waals surface area contributed by atoms with Crippen LogP contribution in [-0.2, 0) is 25.4 Å². The molecule has 0 aliphatic carbocycles. The van der Waals surface area contributed by atoms with E-state index in [2.05, 4.69) is 10.2 Å². The fourth-order valence-corrected chi connectivity index (χ4v) is 0.419. The van der Waals surface area contributed by atoms with Gasteiger partial charge in [0.2, 0.25) is 0 Å². The second-order valence-corrected chi connectivity index (χ2v) is 2.50. The number of aryl methyl sites for hydroxylation is 2. The van der Waals surface area contributed by atoms with Crippen LogP contribution in [0.1, 0.15) is 11.3 Å². The van der Waals surface area contributed by atoms with Gasteiger partial charge in [-0.15, -0.1) is 0 Å². The van der Waals surface area contributed by atoms with Crippen LogP contribution < -0.4 is 0 Å². The maximum atomic E-state index is 8.54. The number of hydrogen-bond donors (Lipinski definition) is 1. The molecule has 1 rings (SSSR count). The van der Waals surface area contributed by atoms with Gasteiger partial charge in [-0.25, -0.2) is 0 Å². The molecule has 0 saturated carbocycles. The fraction of sp³-hybridized carbons (Fsp3) is 0.400. The van der Waals surface area contributed by atoms with E-state index in [0.717, 1.165) is 5.69 Å². The first-order valence-corrected chi connectivity index (χ1v) is 4.34. The van der Waals surface area contributed by atoms with Crippen molar-refractivity contribution in [1.82, 2.24) is 10.2 Å². The standard InChI is InChI=1S/C5H8N2.Cr.3O/c1-4-3-6-7-5(4)2;;;;/h3H,1-2H3,(H,6,7);;;;. The average molecular weight is 196 g/mol. The SMILES string of the molecule is Cc1c[nH]nc1C.[O]=[Cr](=[O])=[O]. The summed E-state index contributed by atoms with van der Waals surface area (Å²) in [6.45, 7) is 4.00.